The van der Waals surface area contributed by atoms with Gasteiger partial charge in [-0.1, -0.05) is 46.0 Å². The van der Waals surface area contributed by atoms with Crippen LogP contribution in [-0.2, 0) is 9.53 Å². The van der Waals surface area contributed by atoms with Gasteiger partial charge in [0, 0.05) is 6.42 Å². The summed E-state index contributed by atoms with van der Waals surface area (Å²) in [6.45, 7) is 4.47. The molecule has 0 aliphatic carbocycles. The molecule has 1 atom stereocenters. The van der Waals surface area contributed by atoms with Crippen LogP contribution in [0.3, 0.4) is 0 Å². The molecule has 0 bridgehead atoms. The molecule has 0 fully saturated rings. The van der Waals surface area contributed by atoms with Gasteiger partial charge in [0.05, 0.1) is 6.61 Å². The summed E-state index contributed by atoms with van der Waals surface area (Å²) < 4.78 is 67.1. The predicted molar refractivity (Wildman–Crippen MR) is 95.7 cm³/mol. The zero-order valence-electron chi connectivity index (χ0n) is 15.7. The third-order valence-electron chi connectivity index (χ3n) is 3.94. The lowest BCUT2D eigenvalue weighted by Crippen LogP contribution is -2.36. The van der Waals surface area contributed by atoms with E-state index in [1.807, 2.05) is 6.92 Å². The predicted octanol–water partition coefficient (Wildman–Crippen LogP) is 6.77. The monoisotopic (exact) mass is 406 g/mol. The van der Waals surface area contributed by atoms with E-state index >= 15 is 0 Å². The van der Waals surface area contributed by atoms with Gasteiger partial charge in [0.25, 0.3) is 0 Å². The molecule has 0 heterocycles. The summed E-state index contributed by atoms with van der Waals surface area (Å²) in [4.78, 5) is 12.1. The van der Waals surface area contributed by atoms with Crippen molar-refractivity contribution in [2.45, 2.75) is 95.4 Å². The van der Waals surface area contributed by atoms with Crippen molar-refractivity contribution in [2.75, 3.05) is 12.4 Å². The maximum Gasteiger partial charge on any atom is 0.453 e. The first-order chi connectivity index (χ1) is 12.2. The van der Waals surface area contributed by atoms with Crippen molar-refractivity contribution in [1.29, 1.82) is 0 Å². The van der Waals surface area contributed by atoms with E-state index in [2.05, 4.69) is 6.92 Å². The number of hydrogen-bond donors (Lipinski definition) is 0. The van der Waals surface area contributed by atoms with Crippen LogP contribution < -0.4 is 0 Å². The molecule has 0 aromatic heterocycles. The number of carbonyl (C=O) groups excluding carboxylic acids is 1. The van der Waals surface area contributed by atoms with Crippen LogP contribution in [-0.4, -0.2) is 35.7 Å². The minimum Gasteiger partial charge on any atom is -0.465 e. The van der Waals surface area contributed by atoms with Crippen LogP contribution in [0.5, 0.6) is 0 Å². The Hall–Kier alpha value is -0.530. The molecule has 0 aromatic carbocycles. The summed E-state index contributed by atoms with van der Waals surface area (Å²) >= 11 is 1.42. The summed E-state index contributed by atoms with van der Waals surface area (Å²) in [6.07, 6.45) is -0.639. The molecule has 0 saturated carbocycles. The fourth-order valence-electron chi connectivity index (χ4n) is 2.25. The van der Waals surface area contributed by atoms with Crippen molar-refractivity contribution < 1.29 is 31.5 Å². The molecule has 0 radical (unpaired) electrons. The molecule has 0 amide bonds. The van der Waals surface area contributed by atoms with Crippen molar-refractivity contribution in [2.24, 2.45) is 0 Å². The van der Waals surface area contributed by atoms with E-state index in [-0.39, 0.29) is 24.1 Å². The van der Waals surface area contributed by atoms with Crippen LogP contribution in [0.25, 0.3) is 0 Å². The fraction of sp³-hybridized carbons (Fsp3) is 0.944. The van der Waals surface area contributed by atoms with Gasteiger partial charge >= 0.3 is 18.1 Å². The Morgan fingerprint density at radius 2 is 1.58 bits per heavy atom. The Balaban J connectivity index is 4.13. The minimum atomic E-state index is -5.48. The zero-order valence-corrected chi connectivity index (χ0v) is 16.5. The molecule has 0 spiro atoms. The molecule has 0 aromatic rings. The molecule has 26 heavy (non-hydrogen) atoms. The van der Waals surface area contributed by atoms with E-state index in [1.54, 1.807) is 0 Å². The highest BCUT2D eigenvalue weighted by Gasteiger charge is 2.56. The summed E-state index contributed by atoms with van der Waals surface area (Å²) in [5.41, 5.74) is 0. The van der Waals surface area contributed by atoms with Gasteiger partial charge in [0.1, 0.15) is 5.25 Å². The zero-order chi connectivity index (χ0) is 20.1. The summed E-state index contributed by atoms with van der Waals surface area (Å²) in [7, 11) is 0. The van der Waals surface area contributed by atoms with E-state index in [9.17, 15) is 26.7 Å². The number of carbonyl (C=O) groups is 1. The summed E-state index contributed by atoms with van der Waals surface area (Å²) in [6, 6.07) is 0. The van der Waals surface area contributed by atoms with Crippen molar-refractivity contribution in [1.82, 2.24) is 0 Å². The molecular weight excluding hydrogens is 375 g/mol. The second-order valence-electron chi connectivity index (χ2n) is 6.39. The standard InChI is InChI=1S/C18H31F5O2S/c1-3-5-8-11-15(16(24)25-13-6-4-2)26-14-10-7-9-12-17(19,20)18(21,22)23/h15H,3-14H2,1-2H3. The number of unbranched alkanes of at least 4 members (excludes halogenated alkanes) is 5. The van der Waals surface area contributed by atoms with Gasteiger partial charge in [-0.25, -0.2) is 0 Å². The first kappa shape index (κ1) is 25.5. The average molecular weight is 407 g/mol. The SMILES string of the molecule is CCCCCC(SCCCCCC(F)(F)C(F)(F)F)C(=O)OCCCC. The highest BCUT2D eigenvalue weighted by Crippen LogP contribution is 2.39. The topological polar surface area (TPSA) is 26.3 Å². The molecule has 0 saturated heterocycles. The number of rotatable bonds is 15. The molecule has 2 nitrogen and oxygen atoms in total. The average Bonchev–Trinajstić information content (AvgIpc) is 2.55. The van der Waals surface area contributed by atoms with Crippen LogP contribution in [0.15, 0.2) is 0 Å². The second-order valence-corrected chi connectivity index (χ2v) is 7.70. The number of hydrogen-bond acceptors (Lipinski definition) is 3. The minimum absolute atomic E-state index is 0.186. The van der Waals surface area contributed by atoms with Crippen molar-refractivity contribution >= 4 is 17.7 Å². The Kier molecular flexibility index (Phi) is 13.3. The lowest BCUT2D eigenvalue weighted by molar-refractivity contribution is -0.284. The van der Waals surface area contributed by atoms with E-state index in [0.717, 1.165) is 32.1 Å². The molecule has 8 heteroatoms. The van der Waals surface area contributed by atoms with E-state index in [0.29, 0.717) is 25.2 Å². The lowest BCUT2D eigenvalue weighted by Gasteiger charge is -2.19. The van der Waals surface area contributed by atoms with Gasteiger partial charge < -0.3 is 4.74 Å². The van der Waals surface area contributed by atoms with Crippen molar-refractivity contribution in [3.05, 3.63) is 0 Å². The highest BCUT2D eigenvalue weighted by molar-refractivity contribution is 8.00. The van der Waals surface area contributed by atoms with Gasteiger partial charge in [-0.3, -0.25) is 4.79 Å². The molecule has 0 N–H and O–H groups in total. The molecular formula is C18H31F5O2S. The Bertz CT molecular complexity index is 375. The number of alkyl halides is 5. The normalized spacial score (nSPS) is 13.7. The van der Waals surface area contributed by atoms with Gasteiger partial charge in [0.15, 0.2) is 0 Å². The molecule has 1 unspecified atom stereocenters. The van der Waals surface area contributed by atoms with Crippen LogP contribution >= 0.6 is 11.8 Å². The van der Waals surface area contributed by atoms with Gasteiger partial charge in [-0.15, -0.1) is 11.8 Å². The number of thioether (sulfide) groups is 1. The van der Waals surface area contributed by atoms with E-state index < -0.39 is 18.5 Å². The maximum absolute atomic E-state index is 12.8. The second kappa shape index (κ2) is 13.6. The third-order valence-corrected chi connectivity index (χ3v) is 5.30. The molecule has 0 rings (SSSR count). The Labute approximate surface area is 157 Å². The van der Waals surface area contributed by atoms with Gasteiger partial charge in [0.2, 0.25) is 0 Å². The van der Waals surface area contributed by atoms with Crippen molar-refractivity contribution in [3.63, 3.8) is 0 Å². The highest BCUT2D eigenvalue weighted by atomic mass is 32.2. The molecule has 0 aliphatic rings. The smallest absolute Gasteiger partial charge is 0.453 e. The quantitative estimate of drug-likeness (QED) is 0.171. The first-order valence-electron chi connectivity index (χ1n) is 9.38. The first-order valence-corrected chi connectivity index (χ1v) is 10.4. The Morgan fingerprint density at radius 3 is 2.15 bits per heavy atom. The summed E-state index contributed by atoms with van der Waals surface area (Å²) in [5.74, 6) is -4.31. The maximum atomic E-state index is 12.8. The van der Waals surface area contributed by atoms with E-state index in [4.69, 9.17) is 4.74 Å². The van der Waals surface area contributed by atoms with Gasteiger partial charge in [-0.2, -0.15) is 22.0 Å². The largest absolute Gasteiger partial charge is 0.465 e. The van der Waals surface area contributed by atoms with Crippen molar-refractivity contribution in [3.8, 4) is 0 Å². The van der Waals surface area contributed by atoms with Gasteiger partial charge in [-0.05, 0) is 31.4 Å². The van der Waals surface area contributed by atoms with Crippen LogP contribution in [0.1, 0.15) is 78.1 Å². The lowest BCUT2D eigenvalue weighted by atomic mass is 10.1. The van der Waals surface area contributed by atoms with E-state index in [1.165, 1.54) is 11.8 Å². The third kappa shape index (κ3) is 11.2. The van der Waals surface area contributed by atoms with Crippen LogP contribution in [0.4, 0.5) is 22.0 Å². The van der Waals surface area contributed by atoms with Crippen LogP contribution in [0, 0.1) is 0 Å². The molecule has 156 valence electrons. The number of esters is 1. The number of ether oxygens (including phenoxy) is 1. The number of halogens is 5. The summed E-state index contributed by atoms with van der Waals surface area (Å²) in [5, 5.41) is -0.282. The Morgan fingerprint density at radius 1 is 0.923 bits per heavy atom. The fourth-order valence-corrected chi connectivity index (χ4v) is 3.44. The molecule has 0 aliphatic heterocycles. The van der Waals surface area contributed by atoms with Crippen LogP contribution in [0.2, 0.25) is 0 Å².